The van der Waals surface area contributed by atoms with Crippen LogP contribution in [0.1, 0.15) is 62.0 Å². The Kier molecular flexibility index (Phi) is 5.83. The Labute approximate surface area is 148 Å². The van der Waals surface area contributed by atoms with Crippen molar-refractivity contribution in [3.8, 4) is 0 Å². The topological polar surface area (TPSA) is 73.3 Å². The van der Waals surface area contributed by atoms with Crippen LogP contribution in [0, 0.1) is 5.82 Å². The van der Waals surface area contributed by atoms with Gasteiger partial charge in [0, 0.05) is 30.0 Å². The van der Waals surface area contributed by atoms with Gasteiger partial charge in [0.2, 0.25) is 11.7 Å². The van der Waals surface area contributed by atoms with E-state index in [9.17, 15) is 27.6 Å². The third kappa shape index (κ3) is 4.47. The smallest absolute Gasteiger partial charge is 0.375 e. The molecule has 1 saturated carbocycles. The predicted octanol–water partition coefficient (Wildman–Crippen LogP) is 3.39. The number of carbonyl (C=O) groups excluding carboxylic acids is 3. The lowest BCUT2D eigenvalue weighted by atomic mass is 9.71. The maximum atomic E-state index is 14.5. The Balaban J connectivity index is 2.13. The normalized spacial score (nSPS) is 18.2. The number of aromatic nitrogens is 1. The van der Waals surface area contributed by atoms with E-state index in [0.29, 0.717) is 0 Å². The van der Waals surface area contributed by atoms with Gasteiger partial charge in [0.15, 0.2) is 5.78 Å². The zero-order valence-corrected chi connectivity index (χ0v) is 14.6. The van der Waals surface area contributed by atoms with Crippen LogP contribution in [-0.4, -0.2) is 35.0 Å². The number of alkyl halides is 2. The van der Waals surface area contributed by atoms with Crippen LogP contribution in [0.3, 0.4) is 0 Å². The molecule has 0 bridgehead atoms. The number of rotatable bonds is 6. The molecule has 0 spiro atoms. The van der Waals surface area contributed by atoms with E-state index >= 15 is 0 Å². The summed E-state index contributed by atoms with van der Waals surface area (Å²) in [6.45, 7) is 3.19. The summed E-state index contributed by atoms with van der Waals surface area (Å²) >= 11 is 0. The average molecular weight is 371 g/mol. The maximum Gasteiger partial charge on any atom is 0.375 e. The molecule has 1 aliphatic carbocycles. The molecule has 1 aliphatic rings. The van der Waals surface area contributed by atoms with Crippen LogP contribution in [0.5, 0.6) is 0 Å². The zero-order valence-electron chi connectivity index (χ0n) is 14.6. The van der Waals surface area contributed by atoms with Crippen LogP contribution in [0.25, 0.3) is 0 Å². The summed E-state index contributed by atoms with van der Waals surface area (Å²) in [6, 6.07) is 0.932. The van der Waals surface area contributed by atoms with Crippen molar-refractivity contribution in [1.29, 1.82) is 0 Å². The van der Waals surface area contributed by atoms with Crippen molar-refractivity contribution in [3.05, 3.63) is 29.3 Å². The fraction of sp³-hybridized carbons (Fsp3) is 0.556. The molecule has 1 aromatic rings. The average Bonchev–Trinajstić information content (AvgIpc) is 2.57. The second kappa shape index (κ2) is 7.55. The molecule has 1 aromatic heterocycles. The lowest BCUT2D eigenvalue weighted by Gasteiger charge is -2.36. The maximum absolute atomic E-state index is 14.5. The van der Waals surface area contributed by atoms with Gasteiger partial charge in [0.25, 0.3) is 0 Å². The largest absolute Gasteiger partial charge is 0.460 e. The van der Waals surface area contributed by atoms with Crippen molar-refractivity contribution < 1.29 is 32.3 Å². The van der Waals surface area contributed by atoms with Gasteiger partial charge in [-0.2, -0.15) is 0 Å². The Hall–Kier alpha value is -2.25. The molecule has 8 heteroatoms. The van der Waals surface area contributed by atoms with E-state index in [1.165, 1.54) is 6.92 Å². The summed E-state index contributed by atoms with van der Waals surface area (Å²) in [5.74, 6) is -6.45. The van der Waals surface area contributed by atoms with Crippen LogP contribution in [-0.2, 0) is 19.7 Å². The van der Waals surface area contributed by atoms with Gasteiger partial charge in [-0.1, -0.05) is 6.92 Å². The number of ether oxygens (including phenoxy) is 1. The third-order valence-corrected chi connectivity index (χ3v) is 4.64. The summed E-state index contributed by atoms with van der Waals surface area (Å²) in [5, 5.41) is 0. The highest BCUT2D eigenvalue weighted by Crippen LogP contribution is 2.45. The van der Waals surface area contributed by atoms with Crippen LogP contribution in [0.15, 0.2) is 12.3 Å². The fourth-order valence-corrected chi connectivity index (χ4v) is 2.97. The number of pyridine rings is 1. The minimum Gasteiger partial charge on any atom is -0.460 e. The number of hydrogen-bond donors (Lipinski definition) is 0. The molecule has 0 saturated heterocycles. The van der Waals surface area contributed by atoms with Crippen molar-refractivity contribution in [2.24, 2.45) is 0 Å². The van der Waals surface area contributed by atoms with Crippen LogP contribution in [0.2, 0.25) is 0 Å². The highest BCUT2D eigenvalue weighted by molar-refractivity contribution is 6.38. The summed E-state index contributed by atoms with van der Waals surface area (Å²) in [4.78, 5) is 38.8. The molecule has 2 rings (SSSR count). The number of Topliss-reactive ketones (excluding diaryl/α,β-unsaturated/α-hetero) is 2. The quantitative estimate of drug-likeness (QED) is 0.332. The first-order valence-electron chi connectivity index (χ1n) is 8.35. The number of nitrogens with zero attached hydrogens (tertiary/aromatic N) is 1. The first kappa shape index (κ1) is 20.1. The molecule has 0 aliphatic heterocycles. The van der Waals surface area contributed by atoms with E-state index in [0.717, 1.165) is 12.3 Å². The molecule has 142 valence electrons. The van der Waals surface area contributed by atoms with Gasteiger partial charge in [0.1, 0.15) is 5.82 Å². The number of carbonyl (C=O) groups is 3. The molecule has 5 nitrogen and oxygen atoms in total. The summed E-state index contributed by atoms with van der Waals surface area (Å²) in [7, 11) is 0. The Morgan fingerprint density at radius 2 is 1.81 bits per heavy atom. The van der Waals surface area contributed by atoms with Gasteiger partial charge in [-0.25, -0.2) is 18.0 Å². The van der Waals surface area contributed by atoms with Crippen LogP contribution >= 0.6 is 0 Å². The van der Waals surface area contributed by atoms with Crippen molar-refractivity contribution in [3.63, 3.8) is 0 Å². The summed E-state index contributed by atoms with van der Waals surface area (Å²) < 4.78 is 45.7. The standard InChI is InChI=1S/C18H20F3NO4/c1-3-26-16(25)14(24)9-13(23)11-8-12(19)15(22-10-11)17(2)4-6-18(20,21)7-5-17/h8,10H,3-7,9H2,1-2H3. The van der Waals surface area contributed by atoms with E-state index in [-0.39, 0.29) is 43.5 Å². The van der Waals surface area contributed by atoms with Gasteiger partial charge < -0.3 is 4.74 Å². The molecule has 1 heterocycles. The van der Waals surface area contributed by atoms with E-state index in [1.807, 2.05) is 0 Å². The Morgan fingerprint density at radius 3 is 2.35 bits per heavy atom. The first-order valence-corrected chi connectivity index (χ1v) is 8.35. The second-order valence-electron chi connectivity index (χ2n) is 6.71. The van der Waals surface area contributed by atoms with Gasteiger partial charge in [0.05, 0.1) is 18.7 Å². The third-order valence-electron chi connectivity index (χ3n) is 4.64. The SMILES string of the molecule is CCOC(=O)C(=O)CC(=O)c1cnc(C2(C)CCC(F)(F)CC2)c(F)c1. The zero-order chi connectivity index (χ0) is 19.5. The lowest BCUT2D eigenvalue weighted by molar-refractivity contribution is -0.153. The first-order chi connectivity index (χ1) is 12.1. The molecule has 1 fully saturated rings. The Morgan fingerprint density at radius 1 is 1.19 bits per heavy atom. The predicted molar refractivity (Wildman–Crippen MR) is 85.5 cm³/mol. The molecule has 26 heavy (non-hydrogen) atoms. The van der Waals surface area contributed by atoms with E-state index < -0.39 is 41.1 Å². The van der Waals surface area contributed by atoms with Crippen LogP contribution in [0.4, 0.5) is 13.2 Å². The molecule has 0 N–H and O–H groups in total. The van der Waals surface area contributed by atoms with E-state index in [2.05, 4.69) is 9.72 Å². The Bertz CT molecular complexity index is 723. The van der Waals surface area contributed by atoms with Gasteiger partial charge in [-0.3, -0.25) is 14.6 Å². The molecule has 0 amide bonds. The van der Waals surface area contributed by atoms with Crippen molar-refractivity contribution >= 4 is 17.5 Å². The van der Waals surface area contributed by atoms with Crippen LogP contribution < -0.4 is 0 Å². The van der Waals surface area contributed by atoms with Gasteiger partial charge in [-0.15, -0.1) is 0 Å². The van der Waals surface area contributed by atoms with E-state index in [4.69, 9.17) is 0 Å². The molecular weight excluding hydrogens is 351 g/mol. The summed E-state index contributed by atoms with van der Waals surface area (Å²) in [5.41, 5.74) is -0.969. The highest BCUT2D eigenvalue weighted by Gasteiger charge is 2.43. The van der Waals surface area contributed by atoms with Crippen molar-refractivity contribution in [2.45, 2.75) is 57.3 Å². The highest BCUT2D eigenvalue weighted by atomic mass is 19.3. The number of hydrogen-bond acceptors (Lipinski definition) is 5. The number of ketones is 2. The molecule has 0 radical (unpaired) electrons. The lowest BCUT2D eigenvalue weighted by Crippen LogP contribution is -2.35. The summed E-state index contributed by atoms with van der Waals surface area (Å²) in [6.07, 6.45) is -0.171. The fourth-order valence-electron chi connectivity index (χ4n) is 2.97. The number of halogens is 3. The van der Waals surface area contributed by atoms with Crippen molar-refractivity contribution in [1.82, 2.24) is 4.98 Å². The molecule has 0 aromatic carbocycles. The van der Waals surface area contributed by atoms with Gasteiger partial charge >= 0.3 is 5.97 Å². The molecular formula is C18H20F3NO4. The minimum atomic E-state index is -2.75. The molecule has 0 atom stereocenters. The number of esters is 1. The van der Waals surface area contributed by atoms with Crippen molar-refractivity contribution in [2.75, 3.05) is 6.61 Å². The van der Waals surface area contributed by atoms with E-state index in [1.54, 1.807) is 6.92 Å². The monoisotopic (exact) mass is 371 g/mol. The second-order valence-corrected chi connectivity index (χ2v) is 6.71. The minimum absolute atomic E-state index is 0.00126. The van der Waals surface area contributed by atoms with Gasteiger partial charge in [-0.05, 0) is 25.8 Å². The molecule has 0 unspecified atom stereocenters.